The number of ether oxygens (including phenoxy) is 6. The van der Waals surface area contributed by atoms with E-state index in [4.69, 9.17) is 28.4 Å². The van der Waals surface area contributed by atoms with Crippen LogP contribution < -0.4 is 79.8 Å². The summed E-state index contributed by atoms with van der Waals surface area (Å²) in [4.78, 5) is 5.06. The highest BCUT2D eigenvalue weighted by Crippen LogP contribution is 2.42. The molecule has 0 aromatic carbocycles. The van der Waals surface area contributed by atoms with Gasteiger partial charge in [0.25, 0.3) is 0 Å². The van der Waals surface area contributed by atoms with E-state index in [2.05, 4.69) is 113 Å². The molecule has 32 heterocycles. The fourth-order valence-electron chi connectivity index (χ4n) is 30.9. The number of hydrogen-bond acceptors (Lipinski definition) is 24. The van der Waals surface area contributed by atoms with E-state index in [1.165, 1.54) is 451 Å². The van der Waals surface area contributed by atoms with E-state index in [9.17, 15) is 0 Å². The Kier molecular flexibility index (Phi) is 44.2. The van der Waals surface area contributed by atoms with Gasteiger partial charge in [-0.15, -0.1) is 0 Å². The van der Waals surface area contributed by atoms with Gasteiger partial charge in [-0.1, -0.05) is 25.0 Å². The molecule has 139 heavy (non-hydrogen) atoms. The lowest BCUT2D eigenvalue weighted by Gasteiger charge is -2.36. The van der Waals surface area contributed by atoms with Crippen LogP contribution in [-0.4, -0.2) is 324 Å². The Morgan fingerprint density at radius 2 is 0.691 bits per heavy atom. The van der Waals surface area contributed by atoms with Crippen LogP contribution in [0.15, 0.2) is 12.2 Å². The summed E-state index contributed by atoms with van der Waals surface area (Å²) >= 11 is 2.21. The normalized spacial score (nSPS) is 45.6. The molecule has 39 aliphatic rings. The maximum absolute atomic E-state index is 5.53. The molecular weight excluding hydrogens is 1750 g/mol. The quantitative estimate of drug-likeness (QED) is 0.101. The average molecular weight is 1960 g/mol. The van der Waals surface area contributed by atoms with Gasteiger partial charge >= 0.3 is 0 Å². The van der Waals surface area contributed by atoms with Crippen LogP contribution in [0.25, 0.3) is 0 Å². The third kappa shape index (κ3) is 35.9. The molecule has 31 saturated heterocycles. The van der Waals surface area contributed by atoms with Gasteiger partial charge in [0, 0.05) is 187 Å². The molecular formula is C115H209N17O6S. The van der Waals surface area contributed by atoms with Crippen LogP contribution in [-0.2, 0) is 28.4 Å². The molecule has 7 saturated carbocycles. The summed E-state index contributed by atoms with van der Waals surface area (Å²) in [6.07, 6.45) is 85.9. The van der Waals surface area contributed by atoms with Crippen LogP contribution in [0, 0.1) is 53.3 Å². The van der Waals surface area contributed by atoms with Gasteiger partial charge in [-0.3, -0.25) is 4.90 Å². The van der Waals surface area contributed by atoms with Crippen molar-refractivity contribution in [2.45, 2.75) is 497 Å². The van der Waals surface area contributed by atoms with Gasteiger partial charge in [-0.2, -0.15) is 11.8 Å². The van der Waals surface area contributed by atoms with Gasteiger partial charge in [-0.25, -0.2) is 0 Å². The first-order valence-electron chi connectivity index (χ1n) is 61.1. The van der Waals surface area contributed by atoms with Gasteiger partial charge < -0.3 is 113 Å². The molecule has 38 fully saturated rings. The highest BCUT2D eigenvalue weighted by Gasteiger charge is 2.40. The summed E-state index contributed by atoms with van der Waals surface area (Å²) in [7, 11) is 0. The number of rotatable bonds is 0. The first kappa shape index (κ1) is 107. The monoisotopic (exact) mass is 1960 g/mol. The molecule has 23 nitrogen and oxygen atoms in total. The number of nitrogens with one attached hydrogen (secondary N) is 15. The molecule has 39 rings (SSSR count). The first-order valence-corrected chi connectivity index (χ1v) is 62.2. The second kappa shape index (κ2) is 57.6. The summed E-state index contributed by atoms with van der Waals surface area (Å²) in [5.41, 5.74) is 0. The highest BCUT2D eigenvalue weighted by atomic mass is 32.2. The minimum Gasteiger partial charge on any atom is -0.378 e. The molecule has 0 aromatic rings. The Hall–Kier alpha value is -0.830. The molecule has 24 heteroatoms. The Labute approximate surface area is 850 Å². The minimum atomic E-state index is 0.550. The zero-order valence-corrected chi connectivity index (χ0v) is 88.7. The lowest BCUT2D eigenvalue weighted by Crippen LogP contribution is -2.48. The molecule has 36 bridgehead atoms. The summed E-state index contributed by atoms with van der Waals surface area (Å²) in [6.45, 7) is 28.5. The zero-order valence-electron chi connectivity index (χ0n) is 87.9. The third-order valence-corrected chi connectivity index (χ3v) is 41.4. The van der Waals surface area contributed by atoms with Crippen LogP contribution in [0.4, 0.5) is 0 Å². The summed E-state index contributed by atoms with van der Waals surface area (Å²) in [5.74, 6) is 11.0. The molecule has 26 unspecified atom stereocenters. The van der Waals surface area contributed by atoms with Crippen LogP contribution in [0.2, 0.25) is 0 Å². The van der Waals surface area contributed by atoms with Crippen LogP contribution >= 0.6 is 11.8 Å². The Bertz CT molecular complexity index is 2510. The van der Waals surface area contributed by atoms with Crippen molar-refractivity contribution in [2.75, 3.05) is 163 Å². The molecule has 26 atom stereocenters. The van der Waals surface area contributed by atoms with Crippen molar-refractivity contribution >= 4 is 11.8 Å². The van der Waals surface area contributed by atoms with Gasteiger partial charge in [0.15, 0.2) is 0 Å². The number of nitrogens with zero attached hydrogens (tertiary/aromatic N) is 2. The number of thioether (sulfide) groups is 1. The van der Waals surface area contributed by atoms with Crippen molar-refractivity contribution in [2.24, 2.45) is 53.3 Å². The van der Waals surface area contributed by atoms with Crippen molar-refractivity contribution in [1.29, 1.82) is 0 Å². The predicted molar refractivity (Wildman–Crippen MR) is 571 cm³/mol. The molecule has 15 N–H and O–H groups in total. The Balaban J connectivity index is 0.0000000939. The molecule has 0 spiro atoms. The zero-order chi connectivity index (χ0) is 93.6. The minimum absolute atomic E-state index is 0.550. The number of piperidine rings is 8. The smallest absolute Gasteiger partial charge is 0.0716 e. The van der Waals surface area contributed by atoms with E-state index >= 15 is 0 Å². The van der Waals surface area contributed by atoms with Crippen LogP contribution in [0.3, 0.4) is 0 Å². The number of hydrogen-bond donors (Lipinski definition) is 15. The Morgan fingerprint density at radius 1 is 0.223 bits per heavy atom. The van der Waals surface area contributed by atoms with E-state index in [0.717, 1.165) is 202 Å². The van der Waals surface area contributed by atoms with E-state index in [1.807, 2.05) is 0 Å². The molecule has 32 aliphatic heterocycles. The summed E-state index contributed by atoms with van der Waals surface area (Å²) in [5, 5.41) is 52.9. The molecule has 796 valence electrons. The average Bonchev–Trinajstić information content (AvgIpc) is 1.78. The maximum Gasteiger partial charge on any atom is 0.0716 e. The Morgan fingerprint density at radius 3 is 1.09 bits per heavy atom. The number of fused-ring (bicyclic) bond motifs is 39. The fraction of sp³-hybridized carbons (Fsp3) is 0.983. The van der Waals surface area contributed by atoms with E-state index in [-0.39, 0.29) is 0 Å². The van der Waals surface area contributed by atoms with Crippen molar-refractivity contribution in [1.82, 2.24) is 89.6 Å². The lowest BCUT2D eigenvalue weighted by atomic mass is 9.82. The van der Waals surface area contributed by atoms with Gasteiger partial charge in [0.05, 0.1) is 69.2 Å². The van der Waals surface area contributed by atoms with Crippen molar-refractivity contribution in [3.05, 3.63) is 12.2 Å². The topological polar surface area (TPSA) is 242 Å². The van der Waals surface area contributed by atoms with Crippen molar-refractivity contribution < 1.29 is 28.4 Å². The second-order valence-corrected chi connectivity index (χ2v) is 52.2. The highest BCUT2D eigenvalue weighted by molar-refractivity contribution is 8.00. The molecule has 7 aliphatic carbocycles. The largest absolute Gasteiger partial charge is 0.378 e. The van der Waals surface area contributed by atoms with Gasteiger partial charge in [0.1, 0.15) is 0 Å². The van der Waals surface area contributed by atoms with Crippen molar-refractivity contribution in [3.63, 3.8) is 0 Å². The SMILES string of the molecule is C1=CC2CCCC1N2.C1CC2CC1CN2.C1CC2CCC(C1)N2.C1CC2CCC(C2)N1.C1CC2CCC1CN2.C1CC2CCC1CO2.C1CC2CCC1CS2.C1CC2CCC1N2.C1CC2CCC1O2.C1CC2CCN(C1)C2.C1CC2CNC(C1)C2.C1CC2CNCC1C2.C1CC2CNCC1N2.C1CC2CNCC1O2.C1CC2COCC1N2.C1CN2CCC(C2)O1.C1NC2CNC1C2.C1OC2CNC1C2. The van der Waals surface area contributed by atoms with Crippen LogP contribution in [0.1, 0.15) is 347 Å². The lowest BCUT2D eigenvalue weighted by molar-refractivity contribution is -0.0615. The predicted octanol–water partition coefficient (Wildman–Crippen LogP) is 13.9. The van der Waals surface area contributed by atoms with Crippen LogP contribution in [0.5, 0.6) is 0 Å². The fourth-order valence-corrected chi connectivity index (χ4v) is 32.4. The van der Waals surface area contributed by atoms with E-state index < -0.39 is 0 Å². The molecule has 0 radical (unpaired) electrons. The standard InChI is InChI=1S/6C7H13N.C7H11N.C7H12O.C7H12S.C6H12N2.3C6H11NO.2C6H11N.C6H10O.C5H10N2.C5H9NO/c1-3-7-4-2-6(1)5-8-7;1-2-7-3-6(1)4-8-5-7;1-2-7-5-6(1)3-4-8-7;1-2-7-3-5-8(4-1)6-7;1-2-6-4-7(3-1)8-5-6;2*1-2-6-4-5-7(3-1)8-6;2*1-3-7-4-2-6(1)5-8-7;1-2-6-4-7-3-5(1)8-6;1-2-6-4-8-3-5(1)7-6;1-2-6-4-7-3-5(1)8-6;1-2-7-3-4-8-6(1)5-7;1-2-6-3-5(1)4-7-6;2*1-2-6-4-3-5(1)7-6;1-4-2-6-5(1)3-7-4;1-4-3-7-5(1)2-6-4/h3*6-8H,1-5H2;7H,1-6H2;2*6-8H,1-5H2;4-8H,1-3H2;2*6-7H,1-5H2;5-8H,1-4H2;2*5-7H,1-4H2;6H,1-5H2;2*5-7H,1-4H2;5-6H,1-4H2;4-7H,1-3H2;4-6H,1-3H2. The summed E-state index contributed by atoms with van der Waals surface area (Å²) < 4.78 is 32.5. The maximum atomic E-state index is 5.53. The summed E-state index contributed by atoms with van der Waals surface area (Å²) in [6, 6.07) is 14.1. The number of morpholine rings is 4. The third-order valence-electron chi connectivity index (χ3n) is 39.8. The molecule has 0 amide bonds. The number of piperazine rings is 2. The van der Waals surface area contributed by atoms with Crippen molar-refractivity contribution in [3.8, 4) is 0 Å². The van der Waals surface area contributed by atoms with E-state index in [0.29, 0.717) is 60.9 Å². The van der Waals surface area contributed by atoms with E-state index in [1.54, 1.807) is 0 Å². The van der Waals surface area contributed by atoms with Gasteiger partial charge in [-0.05, 0) is 445 Å². The van der Waals surface area contributed by atoms with Gasteiger partial charge in [0.2, 0.25) is 0 Å². The first-order chi connectivity index (χ1) is 68.6. The molecule has 0 aromatic heterocycles. The second-order valence-electron chi connectivity index (χ2n) is 50.8.